The Labute approximate surface area is 158 Å². The van der Waals surface area contributed by atoms with Gasteiger partial charge in [0.2, 0.25) is 5.91 Å². The van der Waals surface area contributed by atoms with Gasteiger partial charge in [0.05, 0.1) is 11.6 Å². The van der Waals surface area contributed by atoms with E-state index in [2.05, 4.69) is 37.4 Å². The van der Waals surface area contributed by atoms with E-state index in [1.165, 1.54) is 23.1 Å². The lowest BCUT2D eigenvalue weighted by molar-refractivity contribution is -0.133. The van der Waals surface area contributed by atoms with Crippen LogP contribution in [0.2, 0.25) is 0 Å². The van der Waals surface area contributed by atoms with E-state index in [-0.39, 0.29) is 11.9 Å². The minimum Gasteiger partial charge on any atom is -0.389 e. The number of hydrogen-bond donors (Lipinski definition) is 2. The van der Waals surface area contributed by atoms with E-state index in [1.807, 2.05) is 4.90 Å². The number of amides is 1. The van der Waals surface area contributed by atoms with Crippen molar-refractivity contribution in [2.45, 2.75) is 76.9 Å². The van der Waals surface area contributed by atoms with Gasteiger partial charge in [0.1, 0.15) is 0 Å². The molecule has 1 saturated carbocycles. The number of nitrogens with zero attached hydrogens (tertiary/aromatic N) is 1. The zero-order valence-corrected chi connectivity index (χ0v) is 16.4. The molecule has 0 spiro atoms. The molecule has 0 saturated heterocycles. The highest BCUT2D eigenvalue weighted by atomic mass is 16.3. The average Bonchev–Trinajstić information content (AvgIpc) is 2.66. The van der Waals surface area contributed by atoms with Crippen LogP contribution >= 0.6 is 0 Å². The van der Waals surface area contributed by atoms with E-state index in [0.29, 0.717) is 19.5 Å². The van der Waals surface area contributed by atoms with Crippen molar-refractivity contribution in [3.8, 4) is 0 Å². The molecule has 4 nitrogen and oxygen atoms in total. The van der Waals surface area contributed by atoms with Crippen molar-refractivity contribution in [3.63, 3.8) is 0 Å². The lowest BCUT2D eigenvalue weighted by Crippen LogP contribution is -2.44. The van der Waals surface area contributed by atoms with Crippen molar-refractivity contribution < 1.29 is 9.90 Å². The standard InChI is InChI=1S/C22H34N2O2/c1-3-18-7-8-19-10-14-24(17(2)20(19)15-18)21(25)9-13-23-16-22(26)11-5-4-6-12-22/h7-8,15,17,23,26H,3-6,9-14,16H2,1-2H3. The molecule has 0 radical (unpaired) electrons. The second-order valence-electron chi connectivity index (χ2n) is 8.11. The van der Waals surface area contributed by atoms with E-state index in [1.54, 1.807) is 0 Å². The fourth-order valence-corrected chi connectivity index (χ4v) is 4.47. The van der Waals surface area contributed by atoms with Crippen LogP contribution in [0, 0.1) is 0 Å². The van der Waals surface area contributed by atoms with E-state index >= 15 is 0 Å². The van der Waals surface area contributed by atoms with Crippen LogP contribution in [0.15, 0.2) is 18.2 Å². The largest absolute Gasteiger partial charge is 0.389 e. The highest BCUT2D eigenvalue weighted by Gasteiger charge is 2.29. The Hall–Kier alpha value is -1.39. The molecule has 1 atom stereocenters. The molecule has 1 aliphatic carbocycles. The number of benzene rings is 1. The maximum atomic E-state index is 12.7. The van der Waals surface area contributed by atoms with Crippen molar-refractivity contribution in [1.29, 1.82) is 0 Å². The predicted octanol–water partition coefficient (Wildman–Crippen LogP) is 3.37. The van der Waals surface area contributed by atoms with Crippen molar-refractivity contribution in [2.75, 3.05) is 19.6 Å². The normalized spacial score (nSPS) is 22.1. The Morgan fingerprint density at radius 1 is 1.31 bits per heavy atom. The summed E-state index contributed by atoms with van der Waals surface area (Å²) in [4.78, 5) is 14.8. The molecule has 1 amide bonds. The molecule has 0 aromatic heterocycles. The number of carbonyl (C=O) groups excluding carboxylic acids is 1. The van der Waals surface area contributed by atoms with Crippen LogP contribution in [-0.4, -0.2) is 41.1 Å². The summed E-state index contributed by atoms with van der Waals surface area (Å²) in [6.45, 7) is 6.38. The second-order valence-corrected chi connectivity index (χ2v) is 8.11. The Bertz CT molecular complexity index is 623. The van der Waals surface area contributed by atoms with Gasteiger partial charge in [-0.15, -0.1) is 0 Å². The fourth-order valence-electron chi connectivity index (χ4n) is 4.47. The number of aliphatic hydroxyl groups is 1. The second kappa shape index (κ2) is 8.53. The molecule has 1 unspecified atom stereocenters. The summed E-state index contributed by atoms with van der Waals surface area (Å²) in [5, 5.41) is 13.8. The molecule has 2 aliphatic rings. The Morgan fingerprint density at radius 3 is 2.81 bits per heavy atom. The molecule has 1 heterocycles. The summed E-state index contributed by atoms with van der Waals surface area (Å²) in [5.74, 6) is 0.216. The zero-order valence-electron chi connectivity index (χ0n) is 16.4. The maximum absolute atomic E-state index is 12.7. The van der Waals surface area contributed by atoms with E-state index in [4.69, 9.17) is 0 Å². The molecular weight excluding hydrogens is 324 g/mol. The summed E-state index contributed by atoms with van der Waals surface area (Å²) in [6.07, 6.45) is 7.70. The van der Waals surface area contributed by atoms with Gasteiger partial charge in [-0.3, -0.25) is 4.79 Å². The lowest BCUT2D eigenvalue weighted by Gasteiger charge is -2.36. The number of hydrogen-bond acceptors (Lipinski definition) is 3. The molecule has 2 N–H and O–H groups in total. The van der Waals surface area contributed by atoms with Gasteiger partial charge in [0, 0.05) is 26.1 Å². The molecule has 26 heavy (non-hydrogen) atoms. The predicted molar refractivity (Wildman–Crippen MR) is 105 cm³/mol. The van der Waals surface area contributed by atoms with Gasteiger partial charge < -0.3 is 15.3 Å². The monoisotopic (exact) mass is 358 g/mol. The van der Waals surface area contributed by atoms with Crippen molar-refractivity contribution in [2.24, 2.45) is 0 Å². The van der Waals surface area contributed by atoms with Crippen LogP contribution in [-0.2, 0) is 17.6 Å². The number of aryl methyl sites for hydroxylation is 1. The number of fused-ring (bicyclic) bond motifs is 1. The molecule has 1 aromatic carbocycles. The Kier molecular flexibility index (Phi) is 6.36. The quantitative estimate of drug-likeness (QED) is 0.767. The topological polar surface area (TPSA) is 52.6 Å². The van der Waals surface area contributed by atoms with Crippen LogP contribution in [0.25, 0.3) is 0 Å². The van der Waals surface area contributed by atoms with Gasteiger partial charge in [-0.1, -0.05) is 44.4 Å². The molecular formula is C22H34N2O2. The van der Waals surface area contributed by atoms with E-state index in [9.17, 15) is 9.90 Å². The van der Waals surface area contributed by atoms with Gasteiger partial charge in [-0.05, 0) is 49.3 Å². The van der Waals surface area contributed by atoms with Gasteiger partial charge >= 0.3 is 0 Å². The third kappa shape index (κ3) is 4.47. The summed E-state index contributed by atoms with van der Waals surface area (Å²) in [5.41, 5.74) is 3.48. The molecule has 144 valence electrons. The molecule has 1 aliphatic heterocycles. The van der Waals surface area contributed by atoms with Crippen LogP contribution < -0.4 is 5.32 Å². The number of nitrogens with one attached hydrogen (secondary N) is 1. The lowest BCUT2D eigenvalue weighted by atomic mass is 9.85. The van der Waals surface area contributed by atoms with Crippen LogP contribution in [0.5, 0.6) is 0 Å². The molecule has 3 rings (SSSR count). The highest BCUT2D eigenvalue weighted by Crippen LogP contribution is 2.31. The zero-order chi connectivity index (χ0) is 18.6. The molecule has 1 fully saturated rings. The van der Waals surface area contributed by atoms with Crippen LogP contribution in [0.1, 0.15) is 75.1 Å². The van der Waals surface area contributed by atoms with Crippen LogP contribution in [0.4, 0.5) is 0 Å². The van der Waals surface area contributed by atoms with Crippen LogP contribution in [0.3, 0.4) is 0 Å². The number of rotatable bonds is 6. The first-order valence-electron chi connectivity index (χ1n) is 10.4. The summed E-state index contributed by atoms with van der Waals surface area (Å²) >= 11 is 0. The molecule has 4 heteroatoms. The highest BCUT2D eigenvalue weighted by molar-refractivity contribution is 5.77. The number of carbonyl (C=O) groups is 1. The Balaban J connectivity index is 1.50. The fraction of sp³-hybridized carbons (Fsp3) is 0.682. The first kappa shape index (κ1) is 19.4. The molecule has 1 aromatic rings. The van der Waals surface area contributed by atoms with Gasteiger partial charge in [-0.25, -0.2) is 0 Å². The Morgan fingerprint density at radius 2 is 2.08 bits per heavy atom. The third-order valence-corrected chi connectivity index (χ3v) is 6.23. The van der Waals surface area contributed by atoms with Gasteiger partial charge in [-0.2, -0.15) is 0 Å². The van der Waals surface area contributed by atoms with E-state index < -0.39 is 5.60 Å². The summed E-state index contributed by atoms with van der Waals surface area (Å²) < 4.78 is 0. The van der Waals surface area contributed by atoms with Crippen molar-refractivity contribution >= 4 is 5.91 Å². The van der Waals surface area contributed by atoms with E-state index in [0.717, 1.165) is 45.1 Å². The molecule has 0 bridgehead atoms. The van der Waals surface area contributed by atoms with Crippen molar-refractivity contribution in [3.05, 3.63) is 34.9 Å². The SMILES string of the molecule is CCc1ccc2c(c1)C(C)N(C(=O)CCNCC1(O)CCCCC1)CC2. The first-order valence-corrected chi connectivity index (χ1v) is 10.4. The van der Waals surface area contributed by atoms with Crippen molar-refractivity contribution in [1.82, 2.24) is 10.2 Å². The first-order chi connectivity index (χ1) is 12.5. The third-order valence-electron chi connectivity index (χ3n) is 6.23. The summed E-state index contributed by atoms with van der Waals surface area (Å²) in [6, 6.07) is 6.87. The summed E-state index contributed by atoms with van der Waals surface area (Å²) in [7, 11) is 0. The maximum Gasteiger partial charge on any atom is 0.224 e. The van der Waals surface area contributed by atoms with Gasteiger partial charge in [0.25, 0.3) is 0 Å². The van der Waals surface area contributed by atoms with Gasteiger partial charge in [0.15, 0.2) is 0 Å². The average molecular weight is 359 g/mol. The minimum atomic E-state index is -0.560. The minimum absolute atomic E-state index is 0.153. The smallest absolute Gasteiger partial charge is 0.224 e.